The van der Waals surface area contributed by atoms with Gasteiger partial charge >= 0.3 is 0 Å². The molecule has 4 aromatic rings. The van der Waals surface area contributed by atoms with Crippen molar-refractivity contribution in [1.82, 2.24) is 14.6 Å². The van der Waals surface area contributed by atoms with Gasteiger partial charge in [0, 0.05) is 17.5 Å². The highest BCUT2D eigenvalue weighted by Gasteiger charge is 2.17. The third kappa shape index (κ3) is 2.91. The predicted molar refractivity (Wildman–Crippen MR) is 97.8 cm³/mol. The highest BCUT2D eigenvalue weighted by molar-refractivity contribution is 5.91. The highest BCUT2D eigenvalue weighted by Crippen LogP contribution is 2.34. The molecular weight excluding hydrogens is 313 g/mol. The summed E-state index contributed by atoms with van der Waals surface area (Å²) in [5.74, 6) is -0.246. The summed E-state index contributed by atoms with van der Waals surface area (Å²) in [5.41, 5.74) is 5.60. The molecule has 124 valence electrons. The van der Waals surface area contributed by atoms with Crippen molar-refractivity contribution in [1.29, 1.82) is 0 Å². The van der Waals surface area contributed by atoms with Crippen molar-refractivity contribution in [3.8, 4) is 22.5 Å². The summed E-state index contributed by atoms with van der Waals surface area (Å²) >= 11 is 0. The first-order valence-corrected chi connectivity index (χ1v) is 8.46. The van der Waals surface area contributed by atoms with Gasteiger partial charge in [0.25, 0.3) is 0 Å². The van der Waals surface area contributed by atoms with Crippen LogP contribution in [0.25, 0.3) is 28.0 Å². The molecule has 3 nitrogen and oxygen atoms in total. The molecular formula is C21H18FN3. The average Bonchev–Trinajstić information content (AvgIpc) is 3.03. The molecule has 0 saturated carbocycles. The van der Waals surface area contributed by atoms with E-state index in [0.29, 0.717) is 0 Å². The zero-order valence-corrected chi connectivity index (χ0v) is 14.0. The monoisotopic (exact) mass is 331 g/mol. The van der Waals surface area contributed by atoms with E-state index in [4.69, 9.17) is 10.1 Å². The van der Waals surface area contributed by atoms with Gasteiger partial charge < -0.3 is 0 Å². The summed E-state index contributed by atoms with van der Waals surface area (Å²) in [4.78, 5) is 4.78. The van der Waals surface area contributed by atoms with Crippen molar-refractivity contribution < 1.29 is 4.39 Å². The molecule has 0 aliphatic carbocycles. The van der Waals surface area contributed by atoms with E-state index < -0.39 is 0 Å². The Morgan fingerprint density at radius 1 is 0.960 bits per heavy atom. The Morgan fingerprint density at radius 2 is 1.80 bits per heavy atom. The Morgan fingerprint density at radius 3 is 2.60 bits per heavy atom. The Labute approximate surface area is 145 Å². The third-order valence-corrected chi connectivity index (χ3v) is 4.23. The molecule has 0 aliphatic rings. The van der Waals surface area contributed by atoms with Crippen LogP contribution in [0.1, 0.15) is 19.0 Å². The number of fused-ring (bicyclic) bond motifs is 1. The van der Waals surface area contributed by atoms with E-state index in [9.17, 15) is 4.39 Å². The maximum atomic E-state index is 13.4. The van der Waals surface area contributed by atoms with Crippen LogP contribution in [-0.2, 0) is 6.42 Å². The number of nitrogens with zero attached hydrogens (tertiary/aromatic N) is 3. The van der Waals surface area contributed by atoms with Crippen LogP contribution in [0.15, 0.2) is 66.9 Å². The number of benzene rings is 1. The molecule has 0 spiro atoms. The zero-order valence-electron chi connectivity index (χ0n) is 14.0. The van der Waals surface area contributed by atoms with E-state index in [1.165, 1.54) is 12.1 Å². The number of hydrogen-bond acceptors (Lipinski definition) is 2. The van der Waals surface area contributed by atoms with Crippen molar-refractivity contribution in [3.05, 3.63) is 78.4 Å². The first-order valence-electron chi connectivity index (χ1n) is 8.46. The second-order valence-corrected chi connectivity index (χ2v) is 6.03. The average molecular weight is 331 g/mol. The first-order chi connectivity index (χ1) is 12.3. The van der Waals surface area contributed by atoms with Gasteiger partial charge in [0.1, 0.15) is 11.5 Å². The molecule has 3 aromatic heterocycles. The third-order valence-electron chi connectivity index (χ3n) is 4.23. The number of pyridine rings is 2. The molecule has 0 aliphatic heterocycles. The van der Waals surface area contributed by atoms with Gasteiger partial charge in [-0.3, -0.25) is 4.98 Å². The largest absolute Gasteiger partial charge is 0.251 e. The quantitative estimate of drug-likeness (QED) is 0.517. The second kappa shape index (κ2) is 6.48. The predicted octanol–water partition coefficient (Wildman–Crippen LogP) is 5.15. The molecule has 3 heterocycles. The molecule has 0 saturated heterocycles. The standard InChI is InChI=1S/C21H18FN3/c1-2-6-17-7-5-8-18(23-17)21-20(15-10-12-16(22)13-11-15)19-9-3-4-14-25(19)24-21/h3-5,7-14H,2,6H2,1H3. The topological polar surface area (TPSA) is 30.2 Å². The minimum atomic E-state index is -0.246. The minimum Gasteiger partial charge on any atom is -0.251 e. The molecule has 4 heteroatoms. The number of halogens is 1. The molecule has 0 radical (unpaired) electrons. The smallest absolute Gasteiger partial charge is 0.123 e. The Balaban J connectivity index is 1.96. The molecule has 1 aromatic carbocycles. The van der Waals surface area contributed by atoms with E-state index in [0.717, 1.165) is 46.6 Å². The summed E-state index contributed by atoms with van der Waals surface area (Å²) in [6.07, 6.45) is 3.90. The fourth-order valence-corrected chi connectivity index (χ4v) is 3.09. The lowest BCUT2D eigenvalue weighted by atomic mass is 10.0. The number of rotatable bonds is 4. The first kappa shape index (κ1) is 15.5. The van der Waals surface area contributed by atoms with E-state index in [1.54, 1.807) is 12.1 Å². The van der Waals surface area contributed by atoms with Crippen molar-refractivity contribution in [2.45, 2.75) is 19.8 Å². The number of aromatic nitrogens is 3. The molecule has 4 rings (SSSR count). The SMILES string of the molecule is CCCc1cccc(-c2nn3ccccc3c2-c2ccc(F)cc2)n1. The van der Waals surface area contributed by atoms with Crippen molar-refractivity contribution in [3.63, 3.8) is 0 Å². The molecule has 25 heavy (non-hydrogen) atoms. The van der Waals surface area contributed by atoms with Gasteiger partial charge in [-0.25, -0.2) is 8.91 Å². The Kier molecular flexibility index (Phi) is 4.02. The van der Waals surface area contributed by atoms with E-state index >= 15 is 0 Å². The van der Waals surface area contributed by atoms with Crippen LogP contribution in [0, 0.1) is 5.82 Å². The second-order valence-electron chi connectivity index (χ2n) is 6.03. The molecule has 0 amide bonds. The lowest BCUT2D eigenvalue weighted by Gasteiger charge is -2.05. The van der Waals surface area contributed by atoms with Gasteiger partial charge in [-0.2, -0.15) is 5.10 Å². The summed E-state index contributed by atoms with van der Waals surface area (Å²) in [5, 5.41) is 4.74. The lowest BCUT2D eigenvalue weighted by Crippen LogP contribution is -1.93. The van der Waals surface area contributed by atoms with Gasteiger partial charge in [0.05, 0.1) is 11.2 Å². The van der Waals surface area contributed by atoms with Crippen LogP contribution in [-0.4, -0.2) is 14.6 Å². The van der Waals surface area contributed by atoms with Crippen LogP contribution in [0.3, 0.4) is 0 Å². The van der Waals surface area contributed by atoms with Crippen LogP contribution in [0.5, 0.6) is 0 Å². The molecule has 0 N–H and O–H groups in total. The van der Waals surface area contributed by atoms with Crippen LogP contribution >= 0.6 is 0 Å². The minimum absolute atomic E-state index is 0.246. The van der Waals surface area contributed by atoms with Crippen LogP contribution in [0.2, 0.25) is 0 Å². The zero-order chi connectivity index (χ0) is 17.2. The summed E-state index contributed by atoms with van der Waals surface area (Å²) in [6, 6.07) is 18.5. The van der Waals surface area contributed by atoms with Gasteiger partial charge in [0.2, 0.25) is 0 Å². The van der Waals surface area contributed by atoms with E-state index in [1.807, 2.05) is 47.1 Å². The van der Waals surface area contributed by atoms with Gasteiger partial charge in [-0.15, -0.1) is 0 Å². The van der Waals surface area contributed by atoms with Crippen molar-refractivity contribution >= 4 is 5.52 Å². The molecule has 0 unspecified atom stereocenters. The number of hydrogen-bond donors (Lipinski definition) is 0. The van der Waals surface area contributed by atoms with E-state index in [2.05, 4.69) is 6.92 Å². The van der Waals surface area contributed by atoms with Crippen molar-refractivity contribution in [2.24, 2.45) is 0 Å². The molecule has 0 bridgehead atoms. The summed E-state index contributed by atoms with van der Waals surface area (Å²) in [6.45, 7) is 2.14. The fourth-order valence-electron chi connectivity index (χ4n) is 3.09. The maximum absolute atomic E-state index is 13.4. The normalized spacial score (nSPS) is 11.1. The summed E-state index contributed by atoms with van der Waals surface area (Å²) < 4.78 is 15.2. The van der Waals surface area contributed by atoms with Crippen LogP contribution < -0.4 is 0 Å². The van der Waals surface area contributed by atoms with Gasteiger partial charge in [0.15, 0.2) is 0 Å². The summed E-state index contributed by atoms with van der Waals surface area (Å²) in [7, 11) is 0. The Bertz CT molecular complexity index is 1020. The van der Waals surface area contributed by atoms with Gasteiger partial charge in [-0.1, -0.05) is 37.6 Å². The molecule has 0 atom stereocenters. The van der Waals surface area contributed by atoms with Gasteiger partial charge in [-0.05, 0) is 48.4 Å². The Hall–Kier alpha value is -3.01. The maximum Gasteiger partial charge on any atom is 0.123 e. The van der Waals surface area contributed by atoms with Crippen LogP contribution in [0.4, 0.5) is 4.39 Å². The fraction of sp³-hybridized carbons (Fsp3) is 0.143. The van der Waals surface area contributed by atoms with Crippen molar-refractivity contribution in [2.75, 3.05) is 0 Å². The van der Waals surface area contributed by atoms with E-state index in [-0.39, 0.29) is 5.82 Å². The number of aryl methyl sites for hydroxylation is 1. The highest BCUT2D eigenvalue weighted by atomic mass is 19.1. The lowest BCUT2D eigenvalue weighted by molar-refractivity contribution is 0.628. The molecule has 0 fully saturated rings.